The summed E-state index contributed by atoms with van der Waals surface area (Å²) in [5.41, 5.74) is 5.24. The standard InChI is InChI=1S/C20H21ClN4O2S2/c1-3-25(4-2)29(26,27)18-7-5-6-16(12-18)19-14-28-20(23-19)24-22-13-15-8-10-17(21)11-9-15/h5-14H,3-4H2,1-2H3,(H,23,24). The van der Waals surface area contributed by atoms with Crippen LogP contribution in [-0.4, -0.2) is 37.0 Å². The average molecular weight is 449 g/mol. The fourth-order valence-electron chi connectivity index (χ4n) is 2.70. The first kappa shape index (κ1) is 21.4. The van der Waals surface area contributed by atoms with Crippen molar-refractivity contribution in [2.45, 2.75) is 18.7 Å². The van der Waals surface area contributed by atoms with Crippen molar-refractivity contribution in [2.75, 3.05) is 18.5 Å². The Labute approximate surface area is 179 Å². The summed E-state index contributed by atoms with van der Waals surface area (Å²) in [6, 6.07) is 14.2. The van der Waals surface area contributed by atoms with E-state index >= 15 is 0 Å². The number of hydrogen-bond donors (Lipinski definition) is 1. The van der Waals surface area contributed by atoms with Gasteiger partial charge in [-0.3, -0.25) is 5.43 Å². The Morgan fingerprint density at radius 3 is 2.59 bits per heavy atom. The van der Waals surface area contributed by atoms with Gasteiger partial charge in [-0.2, -0.15) is 9.41 Å². The number of nitrogens with zero attached hydrogens (tertiary/aromatic N) is 3. The van der Waals surface area contributed by atoms with Crippen molar-refractivity contribution in [3.8, 4) is 11.3 Å². The highest BCUT2D eigenvalue weighted by Gasteiger charge is 2.22. The molecule has 0 bridgehead atoms. The monoisotopic (exact) mass is 448 g/mol. The highest BCUT2D eigenvalue weighted by atomic mass is 35.5. The summed E-state index contributed by atoms with van der Waals surface area (Å²) in [4.78, 5) is 4.76. The summed E-state index contributed by atoms with van der Waals surface area (Å²) in [5.74, 6) is 0. The van der Waals surface area contributed by atoms with Gasteiger partial charge in [-0.05, 0) is 29.8 Å². The topological polar surface area (TPSA) is 74.7 Å². The lowest BCUT2D eigenvalue weighted by Gasteiger charge is -2.18. The number of benzene rings is 2. The third kappa shape index (κ3) is 5.22. The van der Waals surface area contributed by atoms with Gasteiger partial charge < -0.3 is 0 Å². The third-order valence-corrected chi connectivity index (χ3v) is 7.27. The largest absolute Gasteiger partial charge is 0.253 e. The number of hydrogen-bond acceptors (Lipinski definition) is 6. The Hall–Kier alpha value is -2.26. The SMILES string of the molecule is CCN(CC)S(=O)(=O)c1cccc(-c2csc(NN=Cc3ccc(Cl)cc3)n2)c1. The van der Waals surface area contributed by atoms with Gasteiger partial charge in [-0.1, -0.05) is 49.7 Å². The molecule has 3 rings (SSSR count). The molecule has 0 aliphatic heterocycles. The van der Waals surface area contributed by atoms with Gasteiger partial charge in [-0.15, -0.1) is 11.3 Å². The summed E-state index contributed by atoms with van der Waals surface area (Å²) in [5, 5.41) is 7.33. The maximum atomic E-state index is 12.7. The predicted molar refractivity (Wildman–Crippen MR) is 120 cm³/mol. The molecule has 1 heterocycles. The van der Waals surface area contributed by atoms with E-state index in [1.807, 2.05) is 37.4 Å². The van der Waals surface area contributed by atoms with Gasteiger partial charge in [-0.25, -0.2) is 13.4 Å². The van der Waals surface area contributed by atoms with Crippen LogP contribution < -0.4 is 5.43 Å². The van der Waals surface area contributed by atoms with Gasteiger partial charge in [0.15, 0.2) is 0 Å². The first-order valence-corrected chi connectivity index (χ1v) is 11.7. The minimum atomic E-state index is -3.51. The number of aromatic nitrogens is 1. The maximum absolute atomic E-state index is 12.7. The molecule has 0 aliphatic rings. The number of halogens is 1. The van der Waals surface area contributed by atoms with Crippen LogP contribution in [-0.2, 0) is 10.0 Å². The van der Waals surface area contributed by atoms with Crippen LogP contribution in [0.5, 0.6) is 0 Å². The summed E-state index contributed by atoms with van der Waals surface area (Å²) in [7, 11) is -3.51. The molecule has 152 valence electrons. The van der Waals surface area contributed by atoms with Crippen molar-refractivity contribution in [1.82, 2.24) is 9.29 Å². The van der Waals surface area contributed by atoms with Crippen LogP contribution in [0.2, 0.25) is 5.02 Å². The van der Waals surface area contributed by atoms with Crippen molar-refractivity contribution >= 4 is 44.3 Å². The minimum Gasteiger partial charge on any atom is -0.253 e. The molecule has 1 aromatic heterocycles. The van der Waals surface area contributed by atoms with Crippen LogP contribution in [0.15, 0.2) is 63.9 Å². The first-order chi connectivity index (χ1) is 13.9. The smallest absolute Gasteiger partial charge is 0.243 e. The zero-order valence-corrected chi connectivity index (χ0v) is 18.4. The maximum Gasteiger partial charge on any atom is 0.243 e. The zero-order chi connectivity index (χ0) is 20.9. The lowest BCUT2D eigenvalue weighted by Crippen LogP contribution is -2.30. The van der Waals surface area contributed by atoms with E-state index < -0.39 is 10.0 Å². The Bertz CT molecular complexity index is 1090. The number of rotatable bonds is 8. The van der Waals surface area contributed by atoms with Crippen LogP contribution in [0.1, 0.15) is 19.4 Å². The summed E-state index contributed by atoms with van der Waals surface area (Å²) in [6.45, 7) is 4.51. The lowest BCUT2D eigenvalue weighted by atomic mass is 10.2. The van der Waals surface area contributed by atoms with Crippen molar-refractivity contribution in [3.63, 3.8) is 0 Å². The lowest BCUT2D eigenvalue weighted by molar-refractivity contribution is 0.445. The Morgan fingerprint density at radius 1 is 1.17 bits per heavy atom. The number of nitrogens with one attached hydrogen (secondary N) is 1. The third-order valence-electron chi connectivity index (χ3n) is 4.22. The Morgan fingerprint density at radius 2 is 1.90 bits per heavy atom. The van der Waals surface area contributed by atoms with Gasteiger partial charge in [0.25, 0.3) is 0 Å². The number of thiazole rings is 1. The molecule has 29 heavy (non-hydrogen) atoms. The molecule has 1 N–H and O–H groups in total. The molecule has 0 saturated carbocycles. The van der Waals surface area contributed by atoms with Crippen LogP contribution >= 0.6 is 22.9 Å². The van der Waals surface area contributed by atoms with Gasteiger partial charge in [0.1, 0.15) is 0 Å². The first-order valence-electron chi connectivity index (χ1n) is 9.04. The van der Waals surface area contributed by atoms with Crippen molar-refractivity contribution in [2.24, 2.45) is 5.10 Å². The molecule has 9 heteroatoms. The van der Waals surface area contributed by atoms with Crippen LogP contribution in [0.4, 0.5) is 5.13 Å². The van der Waals surface area contributed by atoms with E-state index in [0.29, 0.717) is 28.9 Å². The van der Waals surface area contributed by atoms with Gasteiger partial charge in [0.2, 0.25) is 15.2 Å². The van der Waals surface area contributed by atoms with Crippen molar-refractivity contribution in [3.05, 3.63) is 64.5 Å². The summed E-state index contributed by atoms with van der Waals surface area (Å²) in [6.07, 6.45) is 1.68. The minimum absolute atomic E-state index is 0.266. The number of sulfonamides is 1. The zero-order valence-electron chi connectivity index (χ0n) is 16.0. The molecule has 0 saturated heterocycles. The second kappa shape index (κ2) is 9.49. The number of hydrazone groups is 1. The Kier molecular flexibility index (Phi) is 7.02. The molecular weight excluding hydrogens is 428 g/mol. The fraction of sp³-hybridized carbons (Fsp3) is 0.200. The van der Waals surface area contributed by atoms with Gasteiger partial charge >= 0.3 is 0 Å². The molecule has 0 amide bonds. The summed E-state index contributed by atoms with van der Waals surface area (Å²) >= 11 is 7.26. The van der Waals surface area contributed by atoms with Crippen molar-refractivity contribution in [1.29, 1.82) is 0 Å². The Balaban J connectivity index is 1.76. The van der Waals surface area contributed by atoms with E-state index in [0.717, 1.165) is 11.1 Å². The molecular formula is C20H21ClN4O2S2. The van der Waals surface area contributed by atoms with E-state index in [1.54, 1.807) is 36.5 Å². The predicted octanol–water partition coefficient (Wildman–Crippen LogP) is 4.94. The van der Waals surface area contributed by atoms with E-state index in [1.165, 1.54) is 15.6 Å². The molecule has 0 radical (unpaired) electrons. The molecule has 0 unspecified atom stereocenters. The molecule has 0 atom stereocenters. The highest BCUT2D eigenvalue weighted by molar-refractivity contribution is 7.89. The number of anilines is 1. The van der Waals surface area contributed by atoms with Gasteiger partial charge in [0.05, 0.1) is 16.8 Å². The summed E-state index contributed by atoms with van der Waals surface area (Å²) < 4.78 is 26.9. The molecule has 6 nitrogen and oxygen atoms in total. The van der Waals surface area contributed by atoms with Crippen molar-refractivity contribution < 1.29 is 8.42 Å². The van der Waals surface area contributed by atoms with E-state index in [9.17, 15) is 8.42 Å². The van der Waals surface area contributed by atoms with E-state index in [4.69, 9.17) is 11.6 Å². The molecule has 3 aromatic rings. The molecule has 0 spiro atoms. The van der Waals surface area contributed by atoms with Crippen LogP contribution in [0, 0.1) is 0 Å². The highest BCUT2D eigenvalue weighted by Crippen LogP contribution is 2.27. The molecule has 0 aliphatic carbocycles. The quantitative estimate of drug-likeness (QED) is 0.391. The van der Waals surface area contributed by atoms with Crippen LogP contribution in [0.25, 0.3) is 11.3 Å². The average Bonchev–Trinajstić information content (AvgIpc) is 3.19. The second-order valence-electron chi connectivity index (χ2n) is 6.08. The molecule has 2 aromatic carbocycles. The van der Waals surface area contributed by atoms with E-state index in [2.05, 4.69) is 15.5 Å². The fourth-order valence-corrected chi connectivity index (χ4v) is 5.00. The van der Waals surface area contributed by atoms with Gasteiger partial charge in [0, 0.05) is 29.1 Å². The van der Waals surface area contributed by atoms with E-state index in [-0.39, 0.29) is 4.90 Å². The van der Waals surface area contributed by atoms with Crippen LogP contribution in [0.3, 0.4) is 0 Å². The molecule has 0 fully saturated rings. The normalized spacial score (nSPS) is 12.0. The second-order valence-corrected chi connectivity index (χ2v) is 9.31.